The number of benzene rings is 1. The van der Waals surface area contributed by atoms with E-state index >= 15 is 0 Å². The molecule has 7 nitrogen and oxygen atoms in total. The Labute approximate surface area is 202 Å². The first-order valence-corrected chi connectivity index (χ1v) is 12.2. The Bertz CT molecular complexity index is 956. The molecule has 0 saturated carbocycles. The Kier molecular flexibility index (Phi) is 9.31. The molecule has 0 radical (unpaired) electrons. The molecule has 1 aromatic carbocycles. The van der Waals surface area contributed by atoms with Crippen LogP contribution in [0, 0.1) is 6.92 Å². The first kappa shape index (κ1) is 25.5. The fourth-order valence-electron chi connectivity index (χ4n) is 4.69. The van der Waals surface area contributed by atoms with Crippen molar-refractivity contribution >= 4 is 17.6 Å². The molecule has 2 unspecified atom stereocenters. The van der Waals surface area contributed by atoms with E-state index in [1.807, 2.05) is 23.1 Å². The van der Waals surface area contributed by atoms with Crippen molar-refractivity contribution in [3.8, 4) is 5.75 Å². The van der Waals surface area contributed by atoms with Gasteiger partial charge < -0.3 is 19.6 Å². The Hall–Kier alpha value is -3.09. The second-order valence-corrected chi connectivity index (χ2v) is 9.14. The summed E-state index contributed by atoms with van der Waals surface area (Å²) in [6.07, 6.45) is 13.6. The third kappa shape index (κ3) is 6.95. The van der Waals surface area contributed by atoms with Gasteiger partial charge in [0.2, 0.25) is 0 Å². The van der Waals surface area contributed by atoms with Gasteiger partial charge in [0, 0.05) is 18.5 Å². The minimum atomic E-state index is -0.426. The van der Waals surface area contributed by atoms with Gasteiger partial charge in [-0.25, -0.2) is 4.79 Å². The lowest BCUT2D eigenvalue weighted by atomic mass is 9.96. The normalized spacial score (nSPS) is 25.1. The summed E-state index contributed by atoms with van der Waals surface area (Å²) in [6, 6.07) is 3.49. The Morgan fingerprint density at radius 3 is 2.62 bits per heavy atom. The number of allylic oxidation sites excluding steroid dienone is 3. The van der Waals surface area contributed by atoms with Crippen LogP contribution in [0.1, 0.15) is 73.9 Å². The van der Waals surface area contributed by atoms with Crippen LogP contribution in [-0.4, -0.2) is 52.9 Å². The maximum absolute atomic E-state index is 12.8. The highest BCUT2D eigenvalue weighted by Crippen LogP contribution is 2.24. The standard InChI is InChI=1S/C27H36N2O5/c1-19-15-24(30)17-22-16-23(13-8-6-4-5-7-9-14-33-27(32)26(19)22)28-34-18-25(31)29-20(2)11-10-12-21(29)3/h5,7-8,13,15,17,20-21,30H,4,6,9-12,14,16,18H2,1-3H3/b7-5+,13-8+,28-23+. The molecule has 1 amide bonds. The van der Waals surface area contributed by atoms with E-state index in [-0.39, 0.29) is 36.8 Å². The van der Waals surface area contributed by atoms with Gasteiger partial charge in [-0.3, -0.25) is 4.79 Å². The number of aryl methyl sites for hydroxylation is 1. The highest BCUT2D eigenvalue weighted by atomic mass is 16.6. The number of amides is 1. The molecule has 2 atom stereocenters. The summed E-state index contributed by atoms with van der Waals surface area (Å²) in [4.78, 5) is 33.0. The summed E-state index contributed by atoms with van der Waals surface area (Å²) < 4.78 is 5.46. The van der Waals surface area contributed by atoms with Crippen LogP contribution in [0.25, 0.3) is 0 Å². The maximum Gasteiger partial charge on any atom is 0.338 e. The van der Waals surface area contributed by atoms with Crippen LogP contribution in [0.15, 0.2) is 41.6 Å². The Balaban J connectivity index is 1.82. The zero-order valence-corrected chi connectivity index (χ0v) is 20.5. The van der Waals surface area contributed by atoms with E-state index in [9.17, 15) is 14.7 Å². The lowest BCUT2D eigenvalue weighted by Gasteiger charge is -2.38. The van der Waals surface area contributed by atoms with Gasteiger partial charge in [0.25, 0.3) is 5.91 Å². The number of aromatic hydroxyl groups is 1. The number of rotatable bonds is 3. The highest BCUT2D eigenvalue weighted by molar-refractivity contribution is 6.00. The van der Waals surface area contributed by atoms with E-state index in [2.05, 4.69) is 25.1 Å². The van der Waals surface area contributed by atoms with Gasteiger partial charge in [-0.1, -0.05) is 23.4 Å². The van der Waals surface area contributed by atoms with Crippen LogP contribution in [-0.2, 0) is 20.8 Å². The van der Waals surface area contributed by atoms with Crippen molar-refractivity contribution < 1.29 is 24.3 Å². The fourth-order valence-corrected chi connectivity index (χ4v) is 4.69. The van der Waals surface area contributed by atoms with Gasteiger partial charge >= 0.3 is 5.97 Å². The summed E-state index contributed by atoms with van der Waals surface area (Å²) in [7, 11) is 0. The van der Waals surface area contributed by atoms with Crippen molar-refractivity contribution in [2.75, 3.05) is 13.2 Å². The largest absolute Gasteiger partial charge is 0.508 e. The van der Waals surface area contributed by atoms with Crippen molar-refractivity contribution in [3.63, 3.8) is 0 Å². The van der Waals surface area contributed by atoms with Crippen LogP contribution in [0.5, 0.6) is 5.75 Å². The third-order valence-corrected chi connectivity index (χ3v) is 6.32. The van der Waals surface area contributed by atoms with Gasteiger partial charge in [0.15, 0.2) is 6.61 Å². The molecular weight excluding hydrogens is 432 g/mol. The summed E-state index contributed by atoms with van der Waals surface area (Å²) in [5.41, 5.74) is 2.22. The number of cyclic esters (lactones) is 1. The molecule has 1 aromatic rings. The quantitative estimate of drug-likeness (QED) is 0.389. The van der Waals surface area contributed by atoms with Gasteiger partial charge in [-0.2, -0.15) is 0 Å². The predicted molar refractivity (Wildman–Crippen MR) is 132 cm³/mol. The lowest BCUT2D eigenvalue weighted by Crippen LogP contribution is -2.48. The molecule has 184 valence electrons. The molecule has 2 aliphatic heterocycles. The molecule has 1 N–H and O–H groups in total. The number of phenols is 1. The van der Waals surface area contributed by atoms with E-state index in [1.165, 1.54) is 0 Å². The van der Waals surface area contributed by atoms with Crippen LogP contribution in [0.2, 0.25) is 0 Å². The number of oxime groups is 1. The van der Waals surface area contributed by atoms with E-state index in [0.29, 0.717) is 35.4 Å². The number of phenolic OH excluding ortho intramolecular Hbond substituents is 1. The first-order valence-electron chi connectivity index (χ1n) is 12.2. The van der Waals surface area contributed by atoms with Crippen molar-refractivity contribution in [2.24, 2.45) is 5.16 Å². The Morgan fingerprint density at radius 1 is 1.15 bits per heavy atom. The van der Waals surface area contributed by atoms with Gasteiger partial charge in [0.05, 0.1) is 17.9 Å². The van der Waals surface area contributed by atoms with Gasteiger partial charge in [-0.05, 0) is 88.6 Å². The number of likely N-dealkylation sites (tertiary alicyclic amines) is 1. The number of hydrogen-bond acceptors (Lipinski definition) is 6. The van der Waals surface area contributed by atoms with Crippen LogP contribution in [0.3, 0.4) is 0 Å². The summed E-state index contributed by atoms with van der Waals surface area (Å²) in [5.74, 6) is -0.428. The number of ether oxygens (including phenoxy) is 1. The van der Waals surface area contributed by atoms with E-state index in [4.69, 9.17) is 9.57 Å². The number of esters is 1. The number of piperidine rings is 1. The molecular formula is C27H36N2O5. The van der Waals surface area contributed by atoms with Crippen molar-refractivity contribution in [3.05, 3.63) is 53.1 Å². The van der Waals surface area contributed by atoms with Crippen molar-refractivity contribution in [1.29, 1.82) is 0 Å². The summed E-state index contributed by atoms with van der Waals surface area (Å²) in [5, 5.41) is 14.4. The van der Waals surface area contributed by atoms with Crippen LogP contribution >= 0.6 is 0 Å². The molecule has 1 fully saturated rings. The SMILES string of the molecule is Cc1cc(O)cc2c1C(=O)OCC/C=C/CC/C=C/C(=N\OCC(=O)N1C(C)CCCC1C)C2. The summed E-state index contributed by atoms with van der Waals surface area (Å²) in [6.45, 7) is 6.07. The third-order valence-electron chi connectivity index (χ3n) is 6.32. The lowest BCUT2D eigenvalue weighted by molar-refractivity contribution is -0.142. The van der Waals surface area contributed by atoms with E-state index < -0.39 is 5.97 Å². The average molecular weight is 469 g/mol. The minimum Gasteiger partial charge on any atom is -0.508 e. The second-order valence-electron chi connectivity index (χ2n) is 9.14. The molecule has 34 heavy (non-hydrogen) atoms. The zero-order valence-electron chi connectivity index (χ0n) is 20.5. The molecule has 2 heterocycles. The number of hydrogen-bond donors (Lipinski definition) is 1. The number of nitrogens with zero attached hydrogens (tertiary/aromatic N) is 2. The fraction of sp³-hybridized carbons (Fsp3) is 0.519. The molecule has 0 aliphatic carbocycles. The molecule has 2 aliphatic rings. The summed E-state index contributed by atoms with van der Waals surface area (Å²) >= 11 is 0. The number of carbonyl (C=O) groups excluding carboxylic acids is 2. The second kappa shape index (κ2) is 12.4. The average Bonchev–Trinajstić information content (AvgIpc) is 2.76. The molecule has 0 spiro atoms. The molecule has 0 aromatic heterocycles. The minimum absolute atomic E-state index is 0.0700. The number of carbonyl (C=O) groups is 2. The topological polar surface area (TPSA) is 88.4 Å². The van der Waals surface area contributed by atoms with Crippen LogP contribution in [0.4, 0.5) is 0 Å². The smallest absolute Gasteiger partial charge is 0.338 e. The molecule has 7 heteroatoms. The monoisotopic (exact) mass is 468 g/mol. The predicted octanol–water partition coefficient (Wildman–Crippen LogP) is 4.86. The molecule has 3 rings (SSSR count). The van der Waals surface area contributed by atoms with Crippen molar-refractivity contribution in [1.82, 2.24) is 4.90 Å². The zero-order chi connectivity index (χ0) is 24.5. The van der Waals surface area contributed by atoms with E-state index in [0.717, 1.165) is 32.1 Å². The molecule has 0 bridgehead atoms. The Morgan fingerprint density at radius 2 is 1.85 bits per heavy atom. The maximum atomic E-state index is 12.8. The number of fused-ring (bicyclic) bond motifs is 1. The van der Waals surface area contributed by atoms with Crippen molar-refractivity contribution in [2.45, 2.75) is 77.8 Å². The molecule has 1 saturated heterocycles. The van der Waals surface area contributed by atoms with Gasteiger partial charge in [0.1, 0.15) is 5.75 Å². The van der Waals surface area contributed by atoms with Crippen LogP contribution < -0.4 is 0 Å². The van der Waals surface area contributed by atoms with Gasteiger partial charge in [-0.15, -0.1) is 0 Å². The first-order chi connectivity index (χ1) is 16.4. The highest BCUT2D eigenvalue weighted by Gasteiger charge is 2.29. The van der Waals surface area contributed by atoms with E-state index in [1.54, 1.807) is 19.1 Å².